The van der Waals surface area contributed by atoms with Crippen LogP contribution in [0, 0.1) is 0 Å². The molecular weight excluding hydrogens is 394 g/mol. The van der Waals surface area contributed by atoms with Crippen molar-refractivity contribution in [2.24, 2.45) is 0 Å². The smallest absolute Gasteiger partial charge is 0.254 e. The number of hydrogen-bond acceptors (Lipinski definition) is 3. The van der Waals surface area contributed by atoms with Crippen LogP contribution >= 0.6 is 11.6 Å². The summed E-state index contributed by atoms with van der Waals surface area (Å²) in [6.07, 6.45) is 5.06. The van der Waals surface area contributed by atoms with Crippen molar-refractivity contribution in [2.45, 2.75) is 57.5 Å². The highest BCUT2D eigenvalue weighted by Gasteiger charge is 2.30. The number of unbranched alkanes of at least 4 members (excludes halogenated alkanes) is 1. The molecule has 0 spiro atoms. The Bertz CT molecular complexity index is 1030. The molecule has 0 radical (unpaired) electrons. The van der Waals surface area contributed by atoms with Crippen LogP contribution in [0.15, 0.2) is 59.4 Å². The SMILES string of the molecule is CCCC[C@H]1C[C@@H](NCc2ccccc2)Cc2c1nc(-c1ccc(Cl)cc1)[nH]c2=O. The van der Waals surface area contributed by atoms with Crippen LogP contribution in [0.1, 0.15) is 55.3 Å². The van der Waals surface area contributed by atoms with Gasteiger partial charge in [-0.05, 0) is 49.1 Å². The van der Waals surface area contributed by atoms with Crippen LogP contribution in [0.4, 0.5) is 0 Å². The van der Waals surface area contributed by atoms with E-state index in [0.717, 1.165) is 49.0 Å². The first-order valence-corrected chi connectivity index (χ1v) is 11.2. The van der Waals surface area contributed by atoms with Crippen LogP contribution in [0.5, 0.6) is 0 Å². The third kappa shape index (κ3) is 4.82. The molecule has 0 aliphatic heterocycles. The summed E-state index contributed by atoms with van der Waals surface area (Å²) >= 11 is 6.02. The van der Waals surface area contributed by atoms with Crippen molar-refractivity contribution >= 4 is 11.6 Å². The summed E-state index contributed by atoms with van der Waals surface area (Å²) in [6.45, 7) is 3.02. The van der Waals surface area contributed by atoms with Crippen LogP contribution < -0.4 is 10.9 Å². The summed E-state index contributed by atoms with van der Waals surface area (Å²) in [6, 6.07) is 18.2. The number of benzene rings is 2. The number of halogens is 1. The first-order valence-electron chi connectivity index (χ1n) is 10.8. The van der Waals surface area contributed by atoms with Gasteiger partial charge in [-0.15, -0.1) is 0 Å². The van der Waals surface area contributed by atoms with Crippen molar-refractivity contribution in [2.75, 3.05) is 0 Å². The molecule has 2 aromatic carbocycles. The molecule has 0 saturated heterocycles. The molecule has 1 aliphatic rings. The first-order chi connectivity index (χ1) is 14.6. The van der Waals surface area contributed by atoms with Gasteiger partial charge in [-0.2, -0.15) is 0 Å². The summed E-state index contributed by atoms with van der Waals surface area (Å²) in [5, 5.41) is 4.34. The Labute approximate surface area is 182 Å². The molecule has 2 N–H and O–H groups in total. The van der Waals surface area contributed by atoms with E-state index in [1.165, 1.54) is 5.56 Å². The minimum absolute atomic E-state index is 0.0161. The molecule has 30 heavy (non-hydrogen) atoms. The highest BCUT2D eigenvalue weighted by atomic mass is 35.5. The number of fused-ring (bicyclic) bond motifs is 1. The van der Waals surface area contributed by atoms with E-state index in [2.05, 4.69) is 41.5 Å². The summed E-state index contributed by atoms with van der Waals surface area (Å²) in [7, 11) is 0. The molecule has 2 atom stereocenters. The maximum atomic E-state index is 13.0. The molecule has 4 nitrogen and oxygen atoms in total. The van der Waals surface area contributed by atoms with E-state index in [-0.39, 0.29) is 11.6 Å². The Kier molecular flexibility index (Phi) is 6.66. The van der Waals surface area contributed by atoms with E-state index in [9.17, 15) is 4.79 Å². The van der Waals surface area contributed by atoms with Crippen molar-refractivity contribution in [3.63, 3.8) is 0 Å². The van der Waals surface area contributed by atoms with Gasteiger partial charge in [0, 0.05) is 34.7 Å². The quantitative estimate of drug-likeness (QED) is 0.531. The average Bonchev–Trinajstić information content (AvgIpc) is 2.77. The molecule has 0 unspecified atom stereocenters. The fourth-order valence-corrected chi connectivity index (χ4v) is 4.42. The first kappa shape index (κ1) is 20.8. The topological polar surface area (TPSA) is 57.8 Å². The predicted molar refractivity (Wildman–Crippen MR) is 123 cm³/mol. The van der Waals surface area contributed by atoms with Gasteiger partial charge in [-0.25, -0.2) is 4.98 Å². The van der Waals surface area contributed by atoms with Gasteiger partial charge in [0.15, 0.2) is 0 Å². The largest absolute Gasteiger partial charge is 0.310 e. The zero-order chi connectivity index (χ0) is 20.9. The minimum Gasteiger partial charge on any atom is -0.310 e. The molecule has 0 amide bonds. The molecule has 5 heteroatoms. The minimum atomic E-state index is -0.0161. The summed E-state index contributed by atoms with van der Waals surface area (Å²) in [5.41, 5.74) is 3.95. The Morgan fingerprint density at radius 3 is 2.63 bits per heavy atom. The van der Waals surface area contributed by atoms with Gasteiger partial charge in [-0.1, -0.05) is 61.7 Å². The molecular formula is C25H28ClN3O. The lowest BCUT2D eigenvalue weighted by Gasteiger charge is -2.31. The zero-order valence-electron chi connectivity index (χ0n) is 17.3. The molecule has 0 bridgehead atoms. The maximum Gasteiger partial charge on any atom is 0.254 e. The number of aromatic amines is 1. The van der Waals surface area contributed by atoms with Crippen molar-refractivity contribution < 1.29 is 0 Å². The van der Waals surface area contributed by atoms with E-state index in [1.54, 1.807) is 0 Å². The van der Waals surface area contributed by atoms with E-state index < -0.39 is 0 Å². The second-order valence-corrected chi connectivity index (χ2v) is 8.56. The fourth-order valence-electron chi connectivity index (χ4n) is 4.30. The second kappa shape index (κ2) is 9.59. The highest BCUT2D eigenvalue weighted by Crippen LogP contribution is 2.34. The molecule has 4 rings (SSSR count). The van der Waals surface area contributed by atoms with Crippen LogP contribution in [0.2, 0.25) is 5.02 Å². The van der Waals surface area contributed by atoms with Crippen molar-refractivity contribution in [1.82, 2.24) is 15.3 Å². The van der Waals surface area contributed by atoms with Crippen molar-refractivity contribution in [1.29, 1.82) is 0 Å². The second-order valence-electron chi connectivity index (χ2n) is 8.13. The van der Waals surface area contributed by atoms with Crippen LogP contribution in [-0.4, -0.2) is 16.0 Å². The lowest BCUT2D eigenvalue weighted by molar-refractivity contribution is 0.384. The van der Waals surface area contributed by atoms with Gasteiger partial charge in [0.05, 0.1) is 5.69 Å². The number of rotatable bonds is 7. The Morgan fingerprint density at radius 2 is 1.90 bits per heavy atom. The maximum absolute atomic E-state index is 13.0. The van der Waals surface area contributed by atoms with E-state index in [4.69, 9.17) is 16.6 Å². The normalized spacial score (nSPS) is 18.2. The number of nitrogens with zero attached hydrogens (tertiary/aromatic N) is 1. The standard InChI is InChI=1S/C25H28ClN3O/c1-2-3-9-19-14-21(27-16-17-7-5-4-6-8-17)15-22-23(19)28-24(29-25(22)30)18-10-12-20(26)13-11-18/h4-8,10-13,19,21,27H,2-3,9,14-16H2,1H3,(H,28,29,30)/t19-,21+/m0/s1. The highest BCUT2D eigenvalue weighted by molar-refractivity contribution is 6.30. The molecule has 1 aliphatic carbocycles. The predicted octanol–water partition coefficient (Wildman–Crippen LogP) is 5.47. The van der Waals surface area contributed by atoms with Gasteiger partial charge < -0.3 is 10.3 Å². The third-order valence-corrected chi connectivity index (χ3v) is 6.17. The molecule has 1 heterocycles. The monoisotopic (exact) mass is 421 g/mol. The lowest BCUT2D eigenvalue weighted by atomic mass is 9.81. The van der Waals surface area contributed by atoms with Gasteiger partial charge in [0.25, 0.3) is 5.56 Å². The molecule has 0 saturated carbocycles. The lowest BCUT2D eigenvalue weighted by Crippen LogP contribution is -2.39. The number of nitrogens with one attached hydrogen (secondary N) is 2. The molecule has 3 aromatic rings. The van der Waals surface area contributed by atoms with E-state index in [0.29, 0.717) is 23.2 Å². The molecule has 0 fully saturated rings. The van der Waals surface area contributed by atoms with Gasteiger partial charge >= 0.3 is 0 Å². The average molecular weight is 422 g/mol. The third-order valence-electron chi connectivity index (χ3n) is 5.92. The fraction of sp³-hybridized carbons (Fsp3) is 0.360. The van der Waals surface area contributed by atoms with E-state index in [1.807, 2.05) is 30.3 Å². The Morgan fingerprint density at radius 1 is 1.13 bits per heavy atom. The zero-order valence-corrected chi connectivity index (χ0v) is 18.1. The molecule has 156 valence electrons. The van der Waals surface area contributed by atoms with Gasteiger partial charge in [0.2, 0.25) is 0 Å². The van der Waals surface area contributed by atoms with Crippen molar-refractivity contribution in [3.05, 3.63) is 86.8 Å². The van der Waals surface area contributed by atoms with Crippen LogP contribution in [0.25, 0.3) is 11.4 Å². The van der Waals surface area contributed by atoms with Crippen molar-refractivity contribution in [3.8, 4) is 11.4 Å². The Hall–Kier alpha value is -2.43. The van der Waals surface area contributed by atoms with Crippen LogP contribution in [-0.2, 0) is 13.0 Å². The summed E-state index contributed by atoms with van der Waals surface area (Å²) < 4.78 is 0. The summed E-state index contributed by atoms with van der Waals surface area (Å²) in [5.74, 6) is 0.933. The molecule has 1 aromatic heterocycles. The van der Waals surface area contributed by atoms with Crippen LogP contribution in [0.3, 0.4) is 0 Å². The van der Waals surface area contributed by atoms with E-state index >= 15 is 0 Å². The van der Waals surface area contributed by atoms with Gasteiger partial charge in [-0.3, -0.25) is 4.79 Å². The Balaban J connectivity index is 1.61. The summed E-state index contributed by atoms with van der Waals surface area (Å²) in [4.78, 5) is 21.0. The number of H-pyrrole nitrogens is 1. The number of hydrogen-bond donors (Lipinski definition) is 2. The van der Waals surface area contributed by atoms with Gasteiger partial charge in [0.1, 0.15) is 5.82 Å². The number of aromatic nitrogens is 2.